The lowest BCUT2D eigenvalue weighted by Gasteiger charge is -2.27. The third-order valence-corrected chi connectivity index (χ3v) is 3.62. The molecule has 8 heteroatoms. The van der Waals surface area contributed by atoms with Crippen LogP contribution in [0.25, 0.3) is 11.0 Å². The van der Waals surface area contributed by atoms with Crippen LogP contribution in [0.1, 0.15) is 12.7 Å². The second-order valence-corrected chi connectivity index (χ2v) is 5.29. The standard InChI is InChI=1S/C14H23N5O3/c1-10(9-22-4)19(5-6-21-3)8-12-16-13-11(14(20)17-12)7-15-18(13)2/h7,10H,5-6,8-9H2,1-4H3,(H,16,17,20)/t10-/m0/s1. The molecule has 0 aliphatic heterocycles. The molecule has 0 aliphatic carbocycles. The first kappa shape index (κ1) is 16.6. The molecule has 1 atom stereocenters. The lowest BCUT2D eigenvalue weighted by molar-refractivity contribution is 0.0689. The quantitative estimate of drug-likeness (QED) is 0.746. The van der Waals surface area contributed by atoms with Crippen molar-refractivity contribution in [2.24, 2.45) is 7.05 Å². The summed E-state index contributed by atoms with van der Waals surface area (Å²) in [6, 6.07) is 0.188. The fourth-order valence-corrected chi connectivity index (χ4v) is 2.36. The fraction of sp³-hybridized carbons (Fsp3) is 0.643. The highest BCUT2D eigenvalue weighted by atomic mass is 16.5. The van der Waals surface area contributed by atoms with Crippen molar-refractivity contribution in [3.63, 3.8) is 0 Å². The van der Waals surface area contributed by atoms with Gasteiger partial charge in [-0.15, -0.1) is 0 Å². The molecule has 0 spiro atoms. The molecule has 2 aromatic heterocycles. The Hall–Kier alpha value is -1.77. The number of nitrogens with zero attached hydrogens (tertiary/aromatic N) is 4. The molecule has 122 valence electrons. The lowest BCUT2D eigenvalue weighted by Crippen LogP contribution is -2.38. The Morgan fingerprint density at radius 2 is 2.18 bits per heavy atom. The van der Waals surface area contributed by atoms with Crippen LogP contribution in [0.4, 0.5) is 0 Å². The number of fused-ring (bicyclic) bond motifs is 1. The zero-order chi connectivity index (χ0) is 16.1. The van der Waals surface area contributed by atoms with E-state index in [4.69, 9.17) is 9.47 Å². The van der Waals surface area contributed by atoms with Gasteiger partial charge in [0.25, 0.3) is 5.56 Å². The number of rotatable bonds is 8. The number of hydrogen-bond donors (Lipinski definition) is 1. The van der Waals surface area contributed by atoms with Gasteiger partial charge in [-0.1, -0.05) is 0 Å². The summed E-state index contributed by atoms with van der Waals surface area (Å²) in [6.45, 7) is 4.52. The second kappa shape index (κ2) is 7.48. The Kier molecular flexibility index (Phi) is 5.64. The van der Waals surface area contributed by atoms with Crippen molar-refractivity contribution in [2.75, 3.05) is 34.0 Å². The van der Waals surface area contributed by atoms with Crippen LogP contribution in [-0.4, -0.2) is 64.7 Å². The highest BCUT2D eigenvalue weighted by Gasteiger charge is 2.16. The summed E-state index contributed by atoms with van der Waals surface area (Å²) in [5, 5.41) is 4.57. The second-order valence-electron chi connectivity index (χ2n) is 5.29. The molecule has 0 saturated carbocycles. The van der Waals surface area contributed by atoms with Crippen LogP contribution in [0.2, 0.25) is 0 Å². The summed E-state index contributed by atoms with van der Waals surface area (Å²) in [5.74, 6) is 0.611. The third kappa shape index (κ3) is 3.70. The van der Waals surface area contributed by atoms with Crippen molar-refractivity contribution in [1.82, 2.24) is 24.6 Å². The van der Waals surface area contributed by atoms with Crippen LogP contribution in [0.5, 0.6) is 0 Å². The van der Waals surface area contributed by atoms with Gasteiger partial charge in [0.2, 0.25) is 0 Å². The van der Waals surface area contributed by atoms with Gasteiger partial charge in [-0.3, -0.25) is 14.4 Å². The first-order valence-corrected chi connectivity index (χ1v) is 7.19. The van der Waals surface area contributed by atoms with Gasteiger partial charge in [0.05, 0.1) is 26.0 Å². The molecule has 0 amide bonds. The number of aromatic amines is 1. The van der Waals surface area contributed by atoms with Gasteiger partial charge in [0.15, 0.2) is 5.65 Å². The van der Waals surface area contributed by atoms with Crippen LogP contribution in [-0.2, 0) is 23.1 Å². The van der Waals surface area contributed by atoms with Gasteiger partial charge in [0.1, 0.15) is 11.2 Å². The van der Waals surface area contributed by atoms with Crippen LogP contribution >= 0.6 is 0 Å². The van der Waals surface area contributed by atoms with Gasteiger partial charge in [-0.25, -0.2) is 4.98 Å². The van der Waals surface area contributed by atoms with Gasteiger partial charge < -0.3 is 14.5 Å². The monoisotopic (exact) mass is 309 g/mol. The minimum absolute atomic E-state index is 0.167. The number of hydrogen-bond acceptors (Lipinski definition) is 6. The summed E-state index contributed by atoms with van der Waals surface area (Å²) in [7, 11) is 5.11. The Morgan fingerprint density at radius 1 is 1.41 bits per heavy atom. The molecule has 0 fully saturated rings. The zero-order valence-electron chi connectivity index (χ0n) is 13.5. The minimum Gasteiger partial charge on any atom is -0.383 e. The van der Waals surface area contributed by atoms with E-state index >= 15 is 0 Å². The van der Waals surface area contributed by atoms with Gasteiger partial charge in [-0.2, -0.15) is 5.10 Å². The van der Waals surface area contributed by atoms with E-state index in [2.05, 4.69) is 26.9 Å². The Bertz CT molecular complexity index is 666. The number of aromatic nitrogens is 4. The van der Waals surface area contributed by atoms with Crippen molar-refractivity contribution < 1.29 is 9.47 Å². The molecule has 0 saturated heterocycles. The van der Waals surface area contributed by atoms with Gasteiger partial charge in [-0.05, 0) is 6.92 Å². The highest BCUT2D eigenvalue weighted by molar-refractivity contribution is 5.72. The molecule has 22 heavy (non-hydrogen) atoms. The maximum Gasteiger partial charge on any atom is 0.262 e. The molecule has 0 aromatic carbocycles. The Labute approximate surface area is 129 Å². The van der Waals surface area contributed by atoms with Crippen molar-refractivity contribution in [1.29, 1.82) is 0 Å². The number of methoxy groups -OCH3 is 2. The molecule has 0 bridgehead atoms. The Morgan fingerprint density at radius 3 is 2.86 bits per heavy atom. The predicted molar refractivity (Wildman–Crippen MR) is 82.8 cm³/mol. The van der Waals surface area contributed by atoms with Crippen molar-refractivity contribution in [2.45, 2.75) is 19.5 Å². The van der Waals surface area contributed by atoms with E-state index in [0.717, 1.165) is 6.54 Å². The highest BCUT2D eigenvalue weighted by Crippen LogP contribution is 2.08. The zero-order valence-corrected chi connectivity index (χ0v) is 13.5. The van der Waals surface area contributed by atoms with E-state index in [1.54, 1.807) is 25.9 Å². The van der Waals surface area contributed by atoms with Crippen molar-refractivity contribution in [3.05, 3.63) is 22.4 Å². The smallest absolute Gasteiger partial charge is 0.262 e. The minimum atomic E-state index is -0.167. The first-order chi connectivity index (χ1) is 10.6. The SMILES string of the molecule is COCCN(Cc1nc2c(cnn2C)c(=O)[nH]1)[C@@H](C)COC. The van der Waals surface area contributed by atoms with E-state index in [-0.39, 0.29) is 11.6 Å². The summed E-state index contributed by atoms with van der Waals surface area (Å²) >= 11 is 0. The van der Waals surface area contributed by atoms with Crippen molar-refractivity contribution in [3.8, 4) is 0 Å². The van der Waals surface area contributed by atoms with Crippen molar-refractivity contribution >= 4 is 11.0 Å². The summed E-state index contributed by atoms with van der Waals surface area (Å²) < 4.78 is 12.0. The molecular formula is C14H23N5O3. The molecule has 8 nitrogen and oxygen atoms in total. The van der Waals surface area contributed by atoms with Crippen LogP contribution in [0.15, 0.2) is 11.0 Å². The molecule has 2 heterocycles. The largest absolute Gasteiger partial charge is 0.383 e. The lowest BCUT2D eigenvalue weighted by atomic mass is 10.3. The third-order valence-electron chi connectivity index (χ3n) is 3.62. The maximum atomic E-state index is 12.1. The molecule has 2 rings (SSSR count). The first-order valence-electron chi connectivity index (χ1n) is 7.19. The number of H-pyrrole nitrogens is 1. The maximum absolute atomic E-state index is 12.1. The Balaban J connectivity index is 2.24. The molecule has 0 aliphatic rings. The van der Waals surface area contributed by atoms with E-state index in [1.807, 2.05) is 0 Å². The molecular weight excluding hydrogens is 286 g/mol. The van der Waals surface area contributed by atoms with E-state index in [1.165, 1.54) is 6.20 Å². The summed E-state index contributed by atoms with van der Waals surface area (Å²) in [4.78, 5) is 21.6. The van der Waals surface area contributed by atoms with Gasteiger partial charge in [0, 0.05) is 33.9 Å². The number of nitrogens with one attached hydrogen (secondary N) is 1. The normalized spacial score (nSPS) is 13.1. The average Bonchev–Trinajstić information content (AvgIpc) is 2.86. The van der Waals surface area contributed by atoms with Crippen LogP contribution in [0, 0.1) is 0 Å². The van der Waals surface area contributed by atoms with E-state index in [9.17, 15) is 4.79 Å². The molecule has 1 N–H and O–H groups in total. The molecule has 0 radical (unpaired) electrons. The predicted octanol–water partition coefficient (Wildman–Crippen LogP) is 0.140. The fourth-order valence-electron chi connectivity index (χ4n) is 2.36. The summed E-state index contributed by atoms with van der Waals surface area (Å²) in [5.41, 5.74) is 0.420. The average molecular weight is 309 g/mol. The van der Waals surface area contributed by atoms with Crippen LogP contribution in [0.3, 0.4) is 0 Å². The van der Waals surface area contributed by atoms with E-state index in [0.29, 0.717) is 36.6 Å². The van der Waals surface area contributed by atoms with Crippen LogP contribution < -0.4 is 5.56 Å². The van der Waals surface area contributed by atoms with E-state index < -0.39 is 0 Å². The molecule has 2 aromatic rings. The molecule has 0 unspecified atom stereocenters. The topological polar surface area (TPSA) is 85.3 Å². The number of aryl methyl sites for hydroxylation is 1. The number of ether oxygens (including phenoxy) is 2. The summed E-state index contributed by atoms with van der Waals surface area (Å²) in [6.07, 6.45) is 1.53. The van der Waals surface area contributed by atoms with Gasteiger partial charge >= 0.3 is 0 Å².